The maximum atomic E-state index is 12.8. The first-order chi connectivity index (χ1) is 14.4. The zero-order valence-electron chi connectivity index (χ0n) is 18.1. The summed E-state index contributed by atoms with van der Waals surface area (Å²) in [4.78, 5) is 15.1. The van der Waals surface area contributed by atoms with E-state index in [1.807, 2.05) is 55.7 Å². The number of hydrogen-bond donors (Lipinski definition) is 1. The molecule has 1 N–H and O–H groups in total. The van der Waals surface area contributed by atoms with Crippen molar-refractivity contribution in [2.45, 2.75) is 62.9 Å². The number of nitrogens with one attached hydrogen (secondary N) is 1. The van der Waals surface area contributed by atoms with Crippen LogP contribution in [0, 0.1) is 17.2 Å². The second-order valence-electron chi connectivity index (χ2n) is 8.22. The molecule has 0 spiro atoms. The average Bonchev–Trinajstić information content (AvgIpc) is 3.18. The molecule has 1 aliphatic rings. The number of rotatable bonds is 7. The monoisotopic (exact) mass is 426 g/mol. The van der Waals surface area contributed by atoms with Crippen molar-refractivity contribution in [3.63, 3.8) is 0 Å². The van der Waals surface area contributed by atoms with E-state index in [1.165, 1.54) is 18.2 Å². The molecular weight excluding hydrogens is 396 g/mol. The van der Waals surface area contributed by atoms with Crippen molar-refractivity contribution < 1.29 is 4.79 Å². The van der Waals surface area contributed by atoms with E-state index >= 15 is 0 Å². The summed E-state index contributed by atoms with van der Waals surface area (Å²) in [6.07, 6.45) is 3.53. The van der Waals surface area contributed by atoms with E-state index < -0.39 is 10.8 Å². The third kappa shape index (κ3) is 4.78. The highest BCUT2D eigenvalue weighted by Crippen LogP contribution is 2.31. The van der Waals surface area contributed by atoms with Gasteiger partial charge in [0.1, 0.15) is 5.54 Å². The fourth-order valence-electron chi connectivity index (χ4n) is 3.31. The summed E-state index contributed by atoms with van der Waals surface area (Å²) in [6, 6.07) is 12.2. The van der Waals surface area contributed by atoms with Gasteiger partial charge in [0.15, 0.2) is 5.16 Å². The quantitative estimate of drug-likeness (QED) is 0.678. The van der Waals surface area contributed by atoms with E-state index in [9.17, 15) is 10.1 Å². The van der Waals surface area contributed by atoms with Crippen LogP contribution in [0.5, 0.6) is 0 Å². The van der Waals surface area contributed by atoms with Crippen LogP contribution < -0.4 is 10.2 Å². The van der Waals surface area contributed by atoms with Gasteiger partial charge in [-0.1, -0.05) is 43.8 Å². The molecule has 7 nitrogen and oxygen atoms in total. The van der Waals surface area contributed by atoms with E-state index in [-0.39, 0.29) is 11.8 Å². The Morgan fingerprint density at radius 2 is 1.83 bits per heavy atom. The number of thioether (sulfide) groups is 1. The van der Waals surface area contributed by atoms with Gasteiger partial charge in [0, 0.05) is 13.1 Å². The molecule has 0 unspecified atom stereocenters. The number of para-hydroxylation sites is 1. The molecule has 0 bridgehead atoms. The number of hydrogen-bond acceptors (Lipinski definition) is 6. The lowest BCUT2D eigenvalue weighted by molar-refractivity contribution is -0.121. The van der Waals surface area contributed by atoms with Gasteiger partial charge in [0.2, 0.25) is 11.9 Å². The van der Waals surface area contributed by atoms with Crippen LogP contribution in [0.15, 0.2) is 35.5 Å². The average molecular weight is 427 g/mol. The number of carbonyl (C=O) groups is 1. The predicted molar refractivity (Wildman–Crippen MR) is 120 cm³/mol. The van der Waals surface area contributed by atoms with Gasteiger partial charge in [-0.05, 0) is 51.2 Å². The molecule has 1 amide bonds. The van der Waals surface area contributed by atoms with E-state index in [4.69, 9.17) is 0 Å². The molecule has 1 aromatic heterocycles. The summed E-state index contributed by atoms with van der Waals surface area (Å²) >= 11 is 1.36. The first-order valence-electron chi connectivity index (χ1n) is 10.5. The van der Waals surface area contributed by atoms with Crippen LogP contribution in [-0.2, 0) is 4.79 Å². The number of nitrogens with zero attached hydrogens (tertiary/aromatic N) is 5. The molecule has 0 saturated carbocycles. The third-order valence-corrected chi connectivity index (χ3v) is 6.73. The van der Waals surface area contributed by atoms with Crippen molar-refractivity contribution >= 4 is 23.6 Å². The minimum atomic E-state index is -0.905. The van der Waals surface area contributed by atoms with Crippen molar-refractivity contribution in [3.05, 3.63) is 30.3 Å². The van der Waals surface area contributed by atoms with Crippen LogP contribution >= 0.6 is 11.8 Å². The Morgan fingerprint density at radius 3 is 2.43 bits per heavy atom. The minimum Gasteiger partial charge on any atom is -0.341 e. The normalized spacial score (nSPS) is 17.3. The molecule has 30 heavy (non-hydrogen) atoms. The first-order valence-corrected chi connectivity index (χ1v) is 11.4. The van der Waals surface area contributed by atoms with Crippen LogP contribution in [0.25, 0.3) is 5.69 Å². The number of carbonyl (C=O) groups excluding carboxylic acids is 1. The van der Waals surface area contributed by atoms with Crippen molar-refractivity contribution in [1.82, 2.24) is 20.1 Å². The summed E-state index contributed by atoms with van der Waals surface area (Å²) < 4.78 is 2.03. The first kappa shape index (κ1) is 22.2. The van der Waals surface area contributed by atoms with Gasteiger partial charge in [-0.2, -0.15) is 5.26 Å². The van der Waals surface area contributed by atoms with E-state index in [0.29, 0.717) is 5.16 Å². The molecule has 8 heteroatoms. The molecule has 1 fully saturated rings. The van der Waals surface area contributed by atoms with E-state index in [1.54, 1.807) is 6.92 Å². The van der Waals surface area contributed by atoms with E-state index in [0.717, 1.165) is 37.6 Å². The molecule has 2 atom stereocenters. The minimum absolute atomic E-state index is 0.00215. The van der Waals surface area contributed by atoms with Crippen molar-refractivity contribution in [2.24, 2.45) is 5.92 Å². The predicted octanol–water partition coefficient (Wildman–Crippen LogP) is 3.79. The maximum absolute atomic E-state index is 12.8. The van der Waals surface area contributed by atoms with Gasteiger partial charge in [-0.25, -0.2) is 0 Å². The standard InChI is InChI=1S/C22H30N6OS/c1-16(2)22(4,15-23)24-19(29)17(3)30-21-26-25-20(27-13-9-6-10-14-27)28(21)18-11-7-5-8-12-18/h5,7-8,11-12,16-17H,6,9-10,13-14H2,1-4H3,(H,24,29)/t17-,22-/m0/s1. The molecule has 2 aromatic rings. The number of benzene rings is 1. The molecular formula is C22H30N6OS. The molecule has 160 valence electrons. The molecule has 2 heterocycles. The van der Waals surface area contributed by atoms with Crippen LogP contribution in [0.2, 0.25) is 0 Å². The lowest BCUT2D eigenvalue weighted by Gasteiger charge is -2.29. The van der Waals surface area contributed by atoms with Gasteiger partial charge >= 0.3 is 0 Å². The summed E-state index contributed by atoms with van der Waals surface area (Å²) in [5, 5.41) is 21.6. The molecule has 1 aliphatic heterocycles. The van der Waals surface area contributed by atoms with E-state index in [2.05, 4.69) is 26.5 Å². The van der Waals surface area contributed by atoms with Crippen molar-refractivity contribution in [2.75, 3.05) is 18.0 Å². The van der Waals surface area contributed by atoms with Crippen molar-refractivity contribution in [3.8, 4) is 11.8 Å². The number of piperidine rings is 1. The lowest BCUT2D eigenvalue weighted by atomic mass is 9.90. The Labute approximate surface area is 182 Å². The van der Waals surface area contributed by atoms with Crippen LogP contribution in [0.4, 0.5) is 5.95 Å². The SMILES string of the molecule is CC(C)[C@](C)(C#N)NC(=O)[C@H](C)Sc1nnc(N2CCCCC2)n1-c1ccccc1. The van der Waals surface area contributed by atoms with Gasteiger partial charge in [0.05, 0.1) is 17.0 Å². The van der Waals surface area contributed by atoms with Gasteiger partial charge in [0.25, 0.3) is 0 Å². The summed E-state index contributed by atoms with van der Waals surface area (Å²) in [5.74, 6) is 0.641. The second-order valence-corrected chi connectivity index (χ2v) is 9.53. The fourth-order valence-corrected chi connectivity index (χ4v) is 4.17. The molecule has 1 saturated heterocycles. The third-order valence-electron chi connectivity index (χ3n) is 5.69. The lowest BCUT2D eigenvalue weighted by Crippen LogP contribution is -2.51. The van der Waals surface area contributed by atoms with Gasteiger partial charge in [-0.15, -0.1) is 10.2 Å². The highest BCUT2D eigenvalue weighted by atomic mass is 32.2. The Kier molecular flexibility index (Phi) is 7.03. The molecule has 0 radical (unpaired) electrons. The van der Waals surface area contributed by atoms with Crippen molar-refractivity contribution in [1.29, 1.82) is 5.26 Å². The highest BCUT2D eigenvalue weighted by Gasteiger charge is 2.32. The van der Waals surface area contributed by atoms with Gasteiger partial charge in [-0.3, -0.25) is 9.36 Å². The number of anilines is 1. The summed E-state index contributed by atoms with van der Waals surface area (Å²) in [5.41, 5.74) is 0.0695. The number of aromatic nitrogens is 3. The molecule has 1 aromatic carbocycles. The van der Waals surface area contributed by atoms with Crippen LogP contribution in [-0.4, -0.2) is 44.6 Å². The topological polar surface area (TPSA) is 86.8 Å². The Hall–Kier alpha value is -2.53. The molecule has 0 aliphatic carbocycles. The summed E-state index contributed by atoms with van der Waals surface area (Å²) in [6.45, 7) is 9.37. The Bertz CT molecular complexity index is 900. The van der Waals surface area contributed by atoms with Crippen LogP contribution in [0.3, 0.4) is 0 Å². The summed E-state index contributed by atoms with van der Waals surface area (Å²) in [7, 11) is 0. The van der Waals surface area contributed by atoms with Crippen LogP contribution in [0.1, 0.15) is 47.0 Å². The largest absolute Gasteiger partial charge is 0.341 e. The Morgan fingerprint density at radius 1 is 1.17 bits per heavy atom. The molecule has 3 rings (SSSR count). The fraction of sp³-hybridized carbons (Fsp3) is 0.545. The highest BCUT2D eigenvalue weighted by molar-refractivity contribution is 8.00. The second kappa shape index (κ2) is 9.52. The van der Waals surface area contributed by atoms with Gasteiger partial charge < -0.3 is 10.2 Å². The Balaban J connectivity index is 1.86. The maximum Gasteiger partial charge on any atom is 0.234 e. The number of nitriles is 1. The smallest absolute Gasteiger partial charge is 0.234 e. The number of amides is 1. The zero-order valence-corrected chi connectivity index (χ0v) is 18.9. The zero-order chi connectivity index (χ0) is 21.7.